The van der Waals surface area contributed by atoms with Crippen LogP contribution in [0.4, 0.5) is 0 Å². The molecule has 0 saturated heterocycles. The smallest absolute Gasteiger partial charge is 0.235 e. The summed E-state index contributed by atoms with van der Waals surface area (Å²) in [6.45, 7) is 9.81. The minimum Gasteiger partial charge on any atom is -0.309 e. The van der Waals surface area contributed by atoms with Crippen molar-refractivity contribution in [2.75, 3.05) is 0 Å². The van der Waals surface area contributed by atoms with E-state index in [-0.39, 0.29) is 10.8 Å². The fraction of sp³-hybridized carbons (Fsp3) is 0.0612. The topological polar surface area (TPSA) is 40.6 Å². The molecule has 15 aromatic carbocycles. The quantitative estimate of drug-likeness (QED) is 0.160. The van der Waals surface area contributed by atoms with Crippen LogP contribution in [0.3, 0.4) is 0 Å². The molecule has 496 valence electrons. The number of para-hydroxylation sites is 3. The first-order chi connectivity index (χ1) is 52.0. The molecule has 0 fully saturated rings. The van der Waals surface area contributed by atoms with Gasteiger partial charge in [-0.25, -0.2) is 9.97 Å². The van der Waals surface area contributed by atoms with E-state index in [1.54, 1.807) is 0 Å². The summed E-state index contributed by atoms with van der Waals surface area (Å²) in [5, 5.41) is 16.1. The molecule has 0 radical (unpaired) electrons. The van der Waals surface area contributed by atoms with E-state index in [9.17, 15) is 0 Å². The largest absolute Gasteiger partial charge is 0.309 e. The van der Waals surface area contributed by atoms with Crippen molar-refractivity contribution in [1.29, 1.82) is 0 Å². The summed E-state index contributed by atoms with van der Waals surface area (Å²) in [6, 6.07) is 112. The second kappa shape index (κ2) is 21.2. The molecule has 0 N–H and O–H groups in total. The molecule has 8 heteroatoms. The molecule has 5 nitrogen and oxygen atoms in total. The number of aromatic nitrogens is 5. The van der Waals surface area contributed by atoms with Crippen LogP contribution in [0, 0.1) is 0 Å². The molecule has 0 aliphatic heterocycles. The van der Waals surface area contributed by atoms with Crippen LogP contribution >= 0.6 is 34.0 Å². The third-order valence-corrected chi connectivity index (χ3v) is 27.5. The lowest BCUT2D eigenvalue weighted by Crippen LogP contribution is -2.22. The molecular weight excluding hydrogens is 1340 g/mol. The minimum absolute atomic E-state index is 0.374. The summed E-state index contributed by atoms with van der Waals surface area (Å²) >= 11 is 5.59. The van der Waals surface area contributed by atoms with Crippen LogP contribution in [-0.4, -0.2) is 23.7 Å². The average molecular weight is 1400 g/mol. The number of hydrogen-bond donors (Lipinski definition) is 0. The lowest BCUT2D eigenvalue weighted by molar-refractivity contribution is 0.629. The van der Waals surface area contributed by atoms with Crippen molar-refractivity contribution >= 4 is 171 Å². The molecule has 0 unspecified atom stereocenters. The Labute approximate surface area is 621 Å². The molecule has 0 amide bonds. The van der Waals surface area contributed by atoms with E-state index < -0.39 is 0 Å². The normalized spacial score (nSPS) is 13.8. The van der Waals surface area contributed by atoms with Gasteiger partial charge in [0.2, 0.25) is 5.95 Å². The van der Waals surface area contributed by atoms with Crippen LogP contribution < -0.4 is 0 Å². The molecule has 0 bridgehead atoms. The summed E-state index contributed by atoms with van der Waals surface area (Å²) < 4.78 is 15.2. The predicted octanol–water partition coefficient (Wildman–Crippen LogP) is 27.6. The highest BCUT2D eigenvalue weighted by Gasteiger charge is 2.48. The van der Waals surface area contributed by atoms with Gasteiger partial charge < -0.3 is 9.13 Å². The highest BCUT2D eigenvalue weighted by atomic mass is 32.1. The first-order valence-electron chi connectivity index (χ1n) is 36.6. The second-order valence-electron chi connectivity index (χ2n) is 30.4. The van der Waals surface area contributed by atoms with Crippen molar-refractivity contribution in [3.63, 3.8) is 0 Å². The van der Waals surface area contributed by atoms with Crippen LogP contribution in [0.25, 0.3) is 210 Å². The zero-order valence-corrected chi connectivity index (χ0v) is 60.7. The molecule has 0 saturated carbocycles. The van der Waals surface area contributed by atoms with Gasteiger partial charge in [-0.05, 0) is 218 Å². The Morgan fingerprint density at radius 2 is 0.566 bits per heavy atom. The molecule has 22 aromatic rings. The number of nitrogens with zero attached hydrogens (tertiary/aromatic N) is 5. The molecule has 0 spiro atoms. The molecule has 2 aliphatic carbocycles. The van der Waals surface area contributed by atoms with Crippen molar-refractivity contribution in [3.05, 3.63) is 320 Å². The van der Waals surface area contributed by atoms with Crippen LogP contribution in [0.5, 0.6) is 0 Å². The first kappa shape index (κ1) is 59.1. The summed E-state index contributed by atoms with van der Waals surface area (Å²) in [7, 11) is 0. The highest BCUT2D eigenvalue weighted by molar-refractivity contribution is 7.26. The maximum Gasteiger partial charge on any atom is 0.235 e. The maximum atomic E-state index is 6.02. The van der Waals surface area contributed by atoms with Crippen LogP contribution in [0.15, 0.2) is 297 Å². The van der Waals surface area contributed by atoms with Crippen molar-refractivity contribution in [2.45, 2.75) is 38.5 Å². The Morgan fingerprint density at radius 3 is 1.00 bits per heavy atom. The van der Waals surface area contributed by atoms with E-state index in [0.29, 0.717) is 5.95 Å². The molecule has 2 aliphatic rings. The Morgan fingerprint density at radius 1 is 0.236 bits per heavy atom. The standard InChI is InChI=1S/C98H61N5S3/c1-97(2)76-49-60(50-77-93(76)94-78(97)52-62(53-79(94)98(77,3)4)102-82-24-12-6-18-64(82)70-44-55(30-38-85(70)102)58-33-41-91-73(47-58)67-21-9-15-27-88(67)105-91)95-75-51-61(101-81-23-11-5-17-63(81)69-43-54(29-37-84(69)101)57-32-40-90-72(46-57)66-20-8-14-26-87(66)104-90)35-36-80(75)99-96(100-95)103-83-25-13-7-19-65(83)71-45-56(31-39-86(71)103)59-34-42-92-74(48-59)68-22-10-16-28-89(68)106-92/h5-53H,1-4H3. The van der Waals surface area contributed by atoms with Gasteiger partial charge in [-0.1, -0.05) is 173 Å². The van der Waals surface area contributed by atoms with Gasteiger partial charge in [-0.15, -0.1) is 34.0 Å². The third-order valence-electron chi connectivity index (χ3n) is 24.0. The van der Waals surface area contributed by atoms with Crippen LogP contribution in [0.1, 0.15) is 49.9 Å². The Bertz CT molecular complexity index is 7670. The van der Waals surface area contributed by atoms with Gasteiger partial charge in [0, 0.05) is 126 Å². The van der Waals surface area contributed by atoms with Gasteiger partial charge in [0.05, 0.1) is 44.3 Å². The molecule has 7 heterocycles. The predicted molar refractivity (Wildman–Crippen MR) is 453 cm³/mol. The van der Waals surface area contributed by atoms with Crippen LogP contribution in [-0.2, 0) is 10.8 Å². The average Bonchev–Trinajstić information content (AvgIpc) is 1.51. The Hall–Kier alpha value is -12.3. The summed E-state index contributed by atoms with van der Waals surface area (Å²) in [5.74, 6) is 0.637. The SMILES string of the molecule is CC1(C)c2cc(-c3nc(-n4c5ccccc5c5cc(-c6ccc7sc8ccccc8c7c6)ccc54)nc4ccc(-n5c6ccccc6c6cc(-c7ccc8sc9ccccc9c8c7)ccc65)cc34)cc3c2-c2c1cc(-n1c4ccccc4c4cc(-c5ccc6sc7ccccc7c6c5)ccc41)cc2C3(C)C. The Balaban J connectivity index is 0.686. The highest BCUT2D eigenvalue weighted by Crippen LogP contribution is 2.62. The molecule has 7 aromatic heterocycles. The number of benzene rings is 15. The number of hydrogen-bond acceptors (Lipinski definition) is 5. The molecule has 106 heavy (non-hydrogen) atoms. The molecular formula is C98H61N5S3. The van der Waals surface area contributed by atoms with E-state index in [2.05, 4.69) is 339 Å². The maximum absolute atomic E-state index is 6.02. The lowest BCUT2D eigenvalue weighted by atomic mass is 9.74. The van der Waals surface area contributed by atoms with Crippen molar-refractivity contribution < 1.29 is 0 Å². The summed E-state index contributed by atoms with van der Waals surface area (Å²) in [5.41, 5.74) is 26.5. The van der Waals surface area contributed by atoms with Gasteiger partial charge in [0.25, 0.3) is 0 Å². The lowest BCUT2D eigenvalue weighted by Gasteiger charge is -2.30. The zero-order valence-electron chi connectivity index (χ0n) is 58.3. The summed E-state index contributed by atoms with van der Waals surface area (Å²) in [4.78, 5) is 11.7. The van der Waals surface area contributed by atoms with E-state index >= 15 is 0 Å². The Kier molecular flexibility index (Phi) is 11.8. The summed E-state index contributed by atoms with van der Waals surface area (Å²) in [6.07, 6.45) is 0. The van der Waals surface area contributed by atoms with E-state index in [1.807, 2.05) is 34.0 Å². The molecule has 24 rings (SSSR count). The van der Waals surface area contributed by atoms with Gasteiger partial charge >= 0.3 is 0 Å². The van der Waals surface area contributed by atoms with E-state index in [1.165, 1.54) is 166 Å². The van der Waals surface area contributed by atoms with Crippen molar-refractivity contribution in [1.82, 2.24) is 23.7 Å². The number of thiophene rings is 3. The van der Waals surface area contributed by atoms with Crippen molar-refractivity contribution in [3.8, 4) is 73.1 Å². The van der Waals surface area contributed by atoms with Gasteiger partial charge in [-0.2, -0.15) is 0 Å². The van der Waals surface area contributed by atoms with Gasteiger partial charge in [0.15, 0.2) is 0 Å². The third kappa shape index (κ3) is 8.13. The van der Waals surface area contributed by atoms with E-state index in [4.69, 9.17) is 9.97 Å². The first-order valence-corrected chi connectivity index (χ1v) is 39.0. The monoisotopic (exact) mass is 1400 g/mol. The van der Waals surface area contributed by atoms with E-state index in [0.717, 1.165) is 60.7 Å². The fourth-order valence-corrected chi connectivity index (χ4v) is 22.1. The van der Waals surface area contributed by atoms with Crippen molar-refractivity contribution in [2.24, 2.45) is 0 Å². The number of fused-ring (bicyclic) bond motifs is 19. The number of rotatable bonds is 7. The van der Waals surface area contributed by atoms with Gasteiger partial charge in [0.1, 0.15) is 0 Å². The second-order valence-corrected chi connectivity index (χ2v) is 33.6. The zero-order chi connectivity index (χ0) is 69.7. The fourth-order valence-electron chi connectivity index (χ4n) is 18.8. The van der Waals surface area contributed by atoms with Crippen LogP contribution in [0.2, 0.25) is 0 Å². The molecule has 0 atom stereocenters. The minimum atomic E-state index is -0.374. The van der Waals surface area contributed by atoms with Gasteiger partial charge in [-0.3, -0.25) is 4.57 Å².